The molecule has 0 saturated heterocycles. The highest BCUT2D eigenvalue weighted by Crippen LogP contribution is 2.17. The van der Waals surface area contributed by atoms with Gasteiger partial charge in [0.05, 0.1) is 17.6 Å². The minimum absolute atomic E-state index is 0.256. The minimum Gasteiger partial charge on any atom is -0.492 e. The van der Waals surface area contributed by atoms with E-state index in [1.54, 1.807) is 0 Å². The van der Waals surface area contributed by atoms with E-state index < -0.39 is 0 Å². The SMILES string of the molecule is Cc1cccc(OCCn2c(=N)n(C(C)C)c3ccccc32)c1. The summed E-state index contributed by atoms with van der Waals surface area (Å²) in [6.07, 6.45) is 0. The van der Waals surface area contributed by atoms with Crippen LogP contribution in [0.3, 0.4) is 0 Å². The zero-order chi connectivity index (χ0) is 16.4. The standard InChI is InChI=1S/C19H23N3O/c1-14(2)22-18-10-5-4-9-17(18)21(19(22)20)11-12-23-16-8-6-7-15(3)13-16/h4-10,13-14,20H,11-12H2,1-3H3. The Morgan fingerprint density at radius 2 is 1.78 bits per heavy atom. The minimum atomic E-state index is 0.256. The van der Waals surface area contributed by atoms with Crippen molar-refractivity contribution in [1.29, 1.82) is 5.41 Å². The van der Waals surface area contributed by atoms with Gasteiger partial charge in [-0.3, -0.25) is 5.41 Å². The Balaban J connectivity index is 1.86. The summed E-state index contributed by atoms with van der Waals surface area (Å²) in [6.45, 7) is 7.48. The summed E-state index contributed by atoms with van der Waals surface area (Å²) in [5.74, 6) is 0.879. The second-order valence-electron chi connectivity index (χ2n) is 6.09. The summed E-state index contributed by atoms with van der Waals surface area (Å²) in [4.78, 5) is 0. The van der Waals surface area contributed by atoms with E-state index in [1.807, 2.05) is 34.9 Å². The second-order valence-corrected chi connectivity index (χ2v) is 6.09. The molecule has 1 aromatic heterocycles. The van der Waals surface area contributed by atoms with Gasteiger partial charge < -0.3 is 13.9 Å². The number of hydrogen-bond acceptors (Lipinski definition) is 2. The van der Waals surface area contributed by atoms with Crippen molar-refractivity contribution in [2.24, 2.45) is 0 Å². The number of hydrogen-bond donors (Lipinski definition) is 1. The summed E-state index contributed by atoms with van der Waals surface area (Å²) < 4.78 is 9.93. The van der Waals surface area contributed by atoms with Crippen LogP contribution in [0.1, 0.15) is 25.5 Å². The number of para-hydroxylation sites is 2. The van der Waals surface area contributed by atoms with Crippen LogP contribution in [0, 0.1) is 12.3 Å². The number of rotatable bonds is 5. The van der Waals surface area contributed by atoms with Gasteiger partial charge in [0.15, 0.2) is 0 Å². The fraction of sp³-hybridized carbons (Fsp3) is 0.316. The van der Waals surface area contributed by atoms with Crippen LogP contribution in [0.4, 0.5) is 0 Å². The highest BCUT2D eigenvalue weighted by atomic mass is 16.5. The number of benzene rings is 2. The quantitative estimate of drug-likeness (QED) is 0.763. The third kappa shape index (κ3) is 3.02. The highest BCUT2D eigenvalue weighted by Gasteiger charge is 2.12. The summed E-state index contributed by atoms with van der Waals surface area (Å²) in [5.41, 5.74) is 3.89. The van der Waals surface area contributed by atoms with E-state index in [4.69, 9.17) is 10.1 Å². The van der Waals surface area contributed by atoms with Crippen LogP contribution in [0.2, 0.25) is 0 Å². The van der Waals surface area contributed by atoms with E-state index in [-0.39, 0.29) is 6.04 Å². The molecule has 0 saturated carbocycles. The van der Waals surface area contributed by atoms with E-state index in [1.165, 1.54) is 5.56 Å². The fourth-order valence-corrected chi connectivity index (χ4v) is 2.96. The number of imidazole rings is 1. The summed E-state index contributed by atoms with van der Waals surface area (Å²) >= 11 is 0. The van der Waals surface area contributed by atoms with Crippen molar-refractivity contribution in [3.05, 3.63) is 59.7 Å². The number of ether oxygens (including phenoxy) is 1. The number of fused-ring (bicyclic) bond motifs is 1. The predicted molar refractivity (Wildman–Crippen MR) is 92.8 cm³/mol. The molecule has 3 rings (SSSR count). The summed E-state index contributed by atoms with van der Waals surface area (Å²) in [7, 11) is 0. The van der Waals surface area contributed by atoms with Gasteiger partial charge in [-0.1, -0.05) is 24.3 Å². The Hall–Kier alpha value is -2.49. The van der Waals surface area contributed by atoms with Crippen molar-refractivity contribution in [3.63, 3.8) is 0 Å². The van der Waals surface area contributed by atoms with Crippen LogP contribution in [-0.2, 0) is 6.54 Å². The first-order valence-electron chi connectivity index (χ1n) is 8.02. The van der Waals surface area contributed by atoms with E-state index in [0.717, 1.165) is 16.8 Å². The van der Waals surface area contributed by atoms with Gasteiger partial charge in [0, 0.05) is 6.04 Å². The second kappa shape index (κ2) is 6.32. The molecule has 23 heavy (non-hydrogen) atoms. The molecular formula is C19H23N3O. The zero-order valence-electron chi connectivity index (χ0n) is 13.9. The predicted octanol–water partition coefficient (Wildman–Crippen LogP) is 3.89. The number of aromatic nitrogens is 2. The first kappa shape index (κ1) is 15.4. The van der Waals surface area contributed by atoms with Crippen LogP contribution in [-0.4, -0.2) is 15.7 Å². The van der Waals surface area contributed by atoms with Gasteiger partial charge in [-0.15, -0.1) is 0 Å². The van der Waals surface area contributed by atoms with E-state index >= 15 is 0 Å². The molecule has 1 heterocycles. The average molecular weight is 309 g/mol. The number of nitrogens with zero attached hydrogens (tertiary/aromatic N) is 2. The van der Waals surface area contributed by atoms with Gasteiger partial charge in [-0.25, -0.2) is 0 Å². The van der Waals surface area contributed by atoms with Crippen molar-refractivity contribution in [2.75, 3.05) is 6.61 Å². The lowest BCUT2D eigenvalue weighted by Gasteiger charge is -2.09. The number of nitrogens with one attached hydrogen (secondary N) is 1. The molecule has 0 aliphatic heterocycles. The molecule has 0 amide bonds. The Labute approximate surface area is 136 Å². The molecule has 4 nitrogen and oxygen atoms in total. The van der Waals surface area contributed by atoms with Gasteiger partial charge in [0.1, 0.15) is 12.4 Å². The molecule has 3 aromatic rings. The summed E-state index contributed by atoms with van der Waals surface area (Å²) in [6, 6.07) is 16.5. The number of aryl methyl sites for hydroxylation is 1. The van der Waals surface area contributed by atoms with E-state index in [0.29, 0.717) is 18.8 Å². The van der Waals surface area contributed by atoms with Crippen molar-refractivity contribution in [1.82, 2.24) is 9.13 Å². The molecule has 0 aliphatic rings. The molecular weight excluding hydrogens is 286 g/mol. The van der Waals surface area contributed by atoms with Gasteiger partial charge in [0.2, 0.25) is 5.62 Å². The molecule has 0 bridgehead atoms. The Morgan fingerprint density at radius 1 is 1.04 bits per heavy atom. The maximum atomic E-state index is 8.49. The van der Waals surface area contributed by atoms with Crippen LogP contribution in [0.25, 0.3) is 11.0 Å². The van der Waals surface area contributed by atoms with Crippen molar-refractivity contribution >= 4 is 11.0 Å². The van der Waals surface area contributed by atoms with Gasteiger partial charge in [0.25, 0.3) is 0 Å². The Bertz CT molecular complexity index is 874. The molecule has 1 N–H and O–H groups in total. The first-order chi connectivity index (χ1) is 11.1. The Kier molecular flexibility index (Phi) is 4.24. The van der Waals surface area contributed by atoms with Gasteiger partial charge in [-0.2, -0.15) is 0 Å². The summed E-state index contributed by atoms with van der Waals surface area (Å²) in [5, 5.41) is 8.49. The molecule has 0 unspecified atom stereocenters. The molecule has 0 fully saturated rings. The maximum Gasteiger partial charge on any atom is 0.203 e. The fourth-order valence-electron chi connectivity index (χ4n) is 2.96. The third-order valence-corrected chi connectivity index (χ3v) is 4.01. The molecule has 2 aromatic carbocycles. The lowest BCUT2D eigenvalue weighted by molar-refractivity contribution is 0.296. The normalized spacial score (nSPS) is 11.3. The van der Waals surface area contributed by atoms with E-state index in [2.05, 4.69) is 43.5 Å². The van der Waals surface area contributed by atoms with Crippen molar-refractivity contribution in [2.45, 2.75) is 33.4 Å². The monoisotopic (exact) mass is 309 g/mol. The average Bonchev–Trinajstić information content (AvgIpc) is 2.80. The first-order valence-corrected chi connectivity index (χ1v) is 8.02. The maximum absolute atomic E-state index is 8.49. The lowest BCUT2D eigenvalue weighted by atomic mass is 10.2. The Morgan fingerprint density at radius 3 is 2.48 bits per heavy atom. The lowest BCUT2D eigenvalue weighted by Crippen LogP contribution is -2.27. The third-order valence-electron chi connectivity index (χ3n) is 4.01. The van der Waals surface area contributed by atoms with Gasteiger partial charge in [-0.05, 0) is 50.6 Å². The van der Waals surface area contributed by atoms with E-state index in [9.17, 15) is 0 Å². The molecule has 0 spiro atoms. The zero-order valence-corrected chi connectivity index (χ0v) is 13.9. The van der Waals surface area contributed by atoms with Crippen LogP contribution >= 0.6 is 0 Å². The molecule has 0 radical (unpaired) electrons. The van der Waals surface area contributed by atoms with Crippen molar-refractivity contribution in [3.8, 4) is 5.75 Å². The largest absolute Gasteiger partial charge is 0.492 e. The van der Waals surface area contributed by atoms with Crippen LogP contribution in [0.15, 0.2) is 48.5 Å². The molecule has 120 valence electrons. The highest BCUT2D eigenvalue weighted by molar-refractivity contribution is 5.76. The molecule has 0 atom stereocenters. The van der Waals surface area contributed by atoms with Crippen LogP contribution < -0.4 is 10.4 Å². The van der Waals surface area contributed by atoms with Crippen molar-refractivity contribution < 1.29 is 4.74 Å². The molecule has 4 heteroatoms. The van der Waals surface area contributed by atoms with Gasteiger partial charge >= 0.3 is 0 Å². The molecule has 0 aliphatic carbocycles. The van der Waals surface area contributed by atoms with Crippen LogP contribution in [0.5, 0.6) is 5.75 Å². The smallest absolute Gasteiger partial charge is 0.203 e. The topological polar surface area (TPSA) is 42.9 Å².